The molecule has 2 heteroatoms. The van der Waals surface area contributed by atoms with E-state index in [4.69, 9.17) is 4.84 Å². The minimum Gasteiger partial charge on any atom is -0.298 e. The quantitative estimate of drug-likeness (QED) is 0.452. The zero-order valence-electron chi connectivity index (χ0n) is 3.61. The molecule has 1 fully saturated rings. The number of nitrogens with one attached hydrogen (secondary N) is 1. The van der Waals surface area contributed by atoms with E-state index in [-0.39, 0.29) is 6.10 Å². The van der Waals surface area contributed by atoms with Gasteiger partial charge in [-0.25, -0.2) is 5.48 Å². The van der Waals surface area contributed by atoms with Crippen LogP contribution in [0.1, 0.15) is 6.42 Å². The highest BCUT2D eigenvalue weighted by atomic mass is 16.7. The predicted molar refractivity (Wildman–Crippen MR) is 22.8 cm³/mol. The van der Waals surface area contributed by atoms with Crippen molar-refractivity contribution >= 4 is 0 Å². The summed E-state index contributed by atoms with van der Waals surface area (Å²) in [6.45, 7) is 4.61. The lowest BCUT2D eigenvalue weighted by molar-refractivity contribution is 0.0595. The summed E-state index contributed by atoms with van der Waals surface area (Å²) in [6, 6.07) is 0. The van der Waals surface area contributed by atoms with E-state index in [9.17, 15) is 0 Å². The van der Waals surface area contributed by atoms with E-state index < -0.39 is 0 Å². The van der Waals surface area contributed by atoms with Crippen LogP contribution in [0.15, 0.2) is 0 Å². The van der Waals surface area contributed by atoms with Gasteiger partial charge in [0.25, 0.3) is 0 Å². The molecule has 1 heterocycles. The van der Waals surface area contributed by atoms with Crippen LogP contribution in [0.5, 0.6) is 0 Å². The molecular weight excluding hydrogens is 78.0 g/mol. The zero-order valence-corrected chi connectivity index (χ0v) is 3.61. The molecule has 0 aromatic carbocycles. The second-order valence-corrected chi connectivity index (χ2v) is 1.42. The van der Waals surface area contributed by atoms with Gasteiger partial charge in [0.15, 0.2) is 0 Å². The van der Waals surface area contributed by atoms with E-state index in [1.54, 1.807) is 0 Å². The van der Waals surface area contributed by atoms with E-state index in [1.165, 1.54) is 0 Å². The molecule has 0 aromatic heterocycles. The van der Waals surface area contributed by atoms with Crippen LogP contribution in [0, 0.1) is 6.92 Å². The third-order valence-corrected chi connectivity index (χ3v) is 0.818. The Bertz CT molecular complexity index is 40.8. The molecule has 0 amide bonds. The maximum Gasteiger partial charge on any atom is 0.0804 e. The largest absolute Gasteiger partial charge is 0.298 e. The number of hydrogen-bond donors (Lipinski definition) is 1. The molecule has 0 unspecified atom stereocenters. The first-order valence-corrected chi connectivity index (χ1v) is 2.11. The van der Waals surface area contributed by atoms with Crippen LogP contribution in [0.3, 0.4) is 0 Å². The van der Waals surface area contributed by atoms with Gasteiger partial charge in [-0.15, -0.1) is 0 Å². The lowest BCUT2D eigenvalue weighted by atomic mass is 10.3. The molecular formula is C4H8NO. The average molecular weight is 86.1 g/mol. The SMILES string of the molecule is [CH2][C@@H]1CCNO1. The van der Waals surface area contributed by atoms with Crippen molar-refractivity contribution in [3.63, 3.8) is 0 Å². The Hall–Kier alpha value is -0.0800. The van der Waals surface area contributed by atoms with Gasteiger partial charge in [0.2, 0.25) is 0 Å². The third-order valence-electron chi connectivity index (χ3n) is 0.818. The molecule has 0 bridgehead atoms. The Morgan fingerprint density at radius 2 is 2.67 bits per heavy atom. The van der Waals surface area contributed by atoms with Crippen molar-refractivity contribution in [3.8, 4) is 0 Å². The van der Waals surface area contributed by atoms with Crippen LogP contribution in [-0.4, -0.2) is 12.6 Å². The Labute approximate surface area is 37.4 Å². The summed E-state index contributed by atoms with van der Waals surface area (Å²) >= 11 is 0. The maximum atomic E-state index is 4.79. The predicted octanol–water partition coefficient (Wildman–Crippen LogP) is 0.114. The van der Waals surface area contributed by atoms with E-state index in [0.29, 0.717) is 0 Å². The molecule has 1 N–H and O–H groups in total. The summed E-state index contributed by atoms with van der Waals surface area (Å²) < 4.78 is 0. The molecule has 2 nitrogen and oxygen atoms in total. The minimum atomic E-state index is 0.185. The summed E-state index contributed by atoms with van der Waals surface area (Å²) in [5.41, 5.74) is 2.71. The summed E-state index contributed by atoms with van der Waals surface area (Å²) in [7, 11) is 0. The lowest BCUT2D eigenvalue weighted by Gasteiger charge is -1.92. The fourth-order valence-corrected chi connectivity index (χ4v) is 0.456. The first-order chi connectivity index (χ1) is 2.89. The molecule has 1 radical (unpaired) electrons. The molecule has 35 valence electrons. The Balaban J connectivity index is 2.18. The van der Waals surface area contributed by atoms with Crippen molar-refractivity contribution in [2.24, 2.45) is 0 Å². The van der Waals surface area contributed by atoms with Crippen molar-refractivity contribution in [2.75, 3.05) is 6.54 Å². The number of hydroxylamine groups is 1. The highest BCUT2D eigenvalue weighted by molar-refractivity contribution is 4.63. The van der Waals surface area contributed by atoms with E-state index in [0.717, 1.165) is 13.0 Å². The van der Waals surface area contributed by atoms with Gasteiger partial charge in [0, 0.05) is 6.54 Å². The fourth-order valence-electron chi connectivity index (χ4n) is 0.456. The van der Waals surface area contributed by atoms with Crippen molar-refractivity contribution in [1.29, 1.82) is 0 Å². The first-order valence-electron chi connectivity index (χ1n) is 2.11. The van der Waals surface area contributed by atoms with Crippen LogP contribution in [0.2, 0.25) is 0 Å². The number of rotatable bonds is 0. The molecule has 1 aliphatic heterocycles. The van der Waals surface area contributed by atoms with Gasteiger partial charge in [-0.1, -0.05) is 0 Å². The van der Waals surface area contributed by atoms with Gasteiger partial charge < -0.3 is 0 Å². The van der Waals surface area contributed by atoms with Crippen LogP contribution >= 0.6 is 0 Å². The van der Waals surface area contributed by atoms with Gasteiger partial charge in [-0.05, 0) is 13.3 Å². The molecule has 1 saturated heterocycles. The summed E-state index contributed by atoms with van der Waals surface area (Å²) in [6.07, 6.45) is 1.23. The monoisotopic (exact) mass is 86.1 g/mol. The van der Waals surface area contributed by atoms with E-state index in [2.05, 4.69) is 12.4 Å². The van der Waals surface area contributed by atoms with Gasteiger partial charge in [-0.2, -0.15) is 0 Å². The van der Waals surface area contributed by atoms with E-state index in [1.807, 2.05) is 0 Å². The van der Waals surface area contributed by atoms with Crippen LogP contribution in [0.25, 0.3) is 0 Å². The van der Waals surface area contributed by atoms with Gasteiger partial charge in [0.05, 0.1) is 6.10 Å². The Morgan fingerprint density at radius 1 is 1.83 bits per heavy atom. The minimum absolute atomic E-state index is 0.185. The third kappa shape index (κ3) is 0.698. The van der Waals surface area contributed by atoms with Crippen LogP contribution < -0.4 is 5.48 Å². The first kappa shape index (κ1) is 4.09. The van der Waals surface area contributed by atoms with Gasteiger partial charge in [-0.3, -0.25) is 4.84 Å². The standard InChI is InChI=1S/C4H8NO/c1-4-2-3-5-6-4/h4-5H,1-3H2/t4-/m1/s1. The van der Waals surface area contributed by atoms with Crippen molar-refractivity contribution < 1.29 is 4.84 Å². The van der Waals surface area contributed by atoms with Crippen molar-refractivity contribution in [2.45, 2.75) is 12.5 Å². The van der Waals surface area contributed by atoms with E-state index >= 15 is 0 Å². The smallest absolute Gasteiger partial charge is 0.0804 e. The molecule has 6 heavy (non-hydrogen) atoms. The summed E-state index contributed by atoms with van der Waals surface area (Å²) in [5, 5.41) is 0. The second-order valence-electron chi connectivity index (χ2n) is 1.42. The molecule has 0 saturated carbocycles. The van der Waals surface area contributed by atoms with Crippen LogP contribution in [0.4, 0.5) is 0 Å². The highest BCUT2D eigenvalue weighted by Gasteiger charge is 2.07. The van der Waals surface area contributed by atoms with Crippen LogP contribution in [-0.2, 0) is 4.84 Å². The average Bonchev–Trinajstić information content (AvgIpc) is 1.86. The second kappa shape index (κ2) is 1.58. The Morgan fingerprint density at radius 3 is 2.83 bits per heavy atom. The van der Waals surface area contributed by atoms with Gasteiger partial charge in [0.1, 0.15) is 0 Å². The molecule has 0 aromatic rings. The maximum absolute atomic E-state index is 4.79. The zero-order chi connectivity index (χ0) is 4.41. The van der Waals surface area contributed by atoms with Crippen molar-refractivity contribution in [3.05, 3.63) is 6.92 Å². The van der Waals surface area contributed by atoms with Gasteiger partial charge >= 0.3 is 0 Å². The number of hydrogen-bond acceptors (Lipinski definition) is 2. The molecule has 0 aliphatic carbocycles. The summed E-state index contributed by atoms with van der Waals surface area (Å²) in [5.74, 6) is 0. The Kier molecular flexibility index (Phi) is 1.08. The molecule has 1 atom stereocenters. The van der Waals surface area contributed by atoms with Crippen molar-refractivity contribution in [1.82, 2.24) is 5.48 Å². The summed E-state index contributed by atoms with van der Waals surface area (Å²) in [4.78, 5) is 4.79. The molecule has 1 aliphatic rings. The lowest BCUT2D eigenvalue weighted by Crippen LogP contribution is -2.05. The fraction of sp³-hybridized carbons (Fsp3) is 0.750. The normalized spacial score (nSPS) is 34.5. The molecule has 1 rings (SSSR count). The molecule has 0 spiro atoms. The highest BCUT2D eigenvalue weighted by Crippen LogP contribution is 1.98. The topological polar surface area (TPSA) is 21.3 Å².